The van der Waals surface area contributed by atoms with Gasteiger partial charge in [-0.1, -0.05) is 26.0 Å². The summed E-state index contributed by atoms with van der Waals surface area (Å²) in [6, 6.07) is 5.45. The van der Waals surface area contributed by atoms with E-state index in [-0.39, 0.29) is 11.8 Å². The van der Waals surface area contributed by atoms with Crippen molar-refractivity contribution in [3.8, 4) is 0 Å². The molecule has 0 bridgehead atoms. The lowest BCUT2D eigenvalue weighted by Crippen LogP contribution is -2.69. The van der Waals surface area contributed by atoms with Gasteiger partial charge in [0, 0.05) is 5.69 Å². The fourth-order valence-corrected chi connectivity index (χ4v) is 2.81. The minimum Gasteiger partial charge on any atom is -0.340 e. The monoisotopic (exact) mass is 288 g/mol. The molecule has 0 aliphatic carbocycles. The van der Waals surface area contributed by atoms with Crippen LogP contribution in [0.3, 0.4) is 0 Å². The van der Waals surface area contributed by atoms with E-state index >= 15 is 0 Å². The molecule has 0 aromatic heterocycles. The minimum absolute atomic E-state index is 0.0230. The van der Waals surface area contributed by atoms with Gasteiger partial charge in [-0.2, -0.15) is 0 Å². The first kappa shape index (κ1) is 15.5. The summed E-state index contributed by atoms with van der Waals surface area (Å²) in [5.74, 6) is -0.0903. The predicted octanol–water partition coefficient (Wildman–Crippen LogP) is 2.71. The molecule has 2 unspecified atom stereocenters. The first-order chi connectivity index (χ1) is 9.85. The third kappa shape index (κ3) is 2.43. The SMILES string of the molecule is CCC1C(=O)NC(C)(CC)C(=O)N1c1cccc(C)c1C. The van der Waals surface area contributed by atoms with Crippen molar-refractivity contribution in [3.05, 3.63) is 29.3 Å². The molecule has 21 heavy (non-hydrogen) atoms. The molecule has 0 radical (unpaired) electrons. The molecule has 4 heteroatoms. The number of rotatable bonds is 3. The van der Waals surface area contributed by atoms with E-state index < -0.39 is 11.6 Å². The van der Waals surface area contributed by atoms with Gasteiger partial charge in [0.1, 0.15) is 11.6 Å². The average Bonchev–Trinajstić information content (AvgIpc) is 2.46. The van der Waals surface area contributed by atoms with Crippen LogP contribution in [-0.4, -0.2) is 23.4 Å². The molecular weight excluding hydrogens is 264 g/mol. The summed E-state index contributed by atoms with van der Waals surface area (Å²) >= 11 is 0. The van der Waals surface area contributed by atoms with Crippen molar-refractivity contribution >= 4 is 17.5 Å². The zero-order valence-electron chi connectivity index (χ0n) is 13.5. The molecule has 1 aliphatic rings. The lowest BCUT2D eigenvalue weighted by molar-refractivity contribution is -0.138. The minimum atomic E-state index is -0.820. The number of nitrogens with one attached hydrogen (secondary N) is 1. The molecule has 1 aromatic carbocycles. The Hall–Kier alpha value is -1.84. The summed E-state index contributed by atoms with van der Waals surface area (Å²) in [4.78, 5) is 27.1. The summed E-state index contributed by atoms with van der Waals surface area (Å²) in [7, 11) is 0. The molecule has 2 atom stereocenters. The van der Waals surface area contributed by atoms with E-state index in [9.17, 15) is 9.59 Å². The van der Waals surface area contributed by atoms with Crippen LogP contribution in [0.1, 0.15) is 44.7 Å². The summed E-state index contributed by atoms with van der Waals surface area (Å²) in [6.07, 6.45) is 1.18. The maximum absolute atomic E-state index is 13.0. The zero-order valence-corrected chi connectivity index (χ0v) is 13.5. The predicted molar refractivity (Wildman–Crippen MR) is 84.3 cm³/mol. The van der Waals surface area contributed by atoms with Crippen molar-refractivity contribution in [3.63, 3.8) is 0 Å². The highest BCUT2D eigenvalue weighted by atomic mass is 16.2. The molecule has 1 N–H and O–H groups in total. The molecule has 1 aliphatic heterocycles. The van der Waals surface area contributed by atoms with Gasteiger partial charge in [-0.05, 0) is 50.8 Å². The van der Waals surface area contributed by atoms with Crippen LogP contribution in [0.15, 0.2) is 18.2 Å². The smallest absolute Gasteiger partial charge is 0.253 e. The Kier molecular flexibility index (Phi) is 4.08. The van der Waals surface area contributed by atoms with E-state index in [1.807, 2.05) is 45.9 Å². The van der Waals surface area contributed by atoms with Gasteiger partial charge in [0.25, 0.3) is 5.91 Å². The number of carbonyl (C=O) groups excluding carboxylic acids is 2. The number of aryl methyl sites for hydroxylation is 1. The quantitative estimate of drug-likeness (QED) is 0.929. The highest BCUT2D eigenvalue weighted by molar-refractivity contribution is 6.11. The Morgan fingerprint density at radius 3 is 2.48 bits per heavy atom. The van der Waals surface area contributed by atoms with Crippen molar-refractivity contribution in [2.24, 2.45) is 0 Å². The van der Waals surface area contributed by atoms with Gasteiger partial charge in [0.05, 0.1) is 0 Å². The molecule has 4 nitrogen and oxygen atoms in total. The van der Waals surface area contributed by atoms with Crippen LogP contribution in [0.4, 0.5) is 5.69 Å². The van der Waals surface area contributed by atoms with Gasteiger partial charge in [-0.15, -0.1) is 0 Å². The van der Waals surface area contributed by atoms with Gasteiger partial charge in [0.15, 0.2) is 0 Å². The highest BCUT2D eigenvalue weighted by Crippen LogP contribution is 2.31. The first-order valence-electron chi connectivity index (χ1n) is 7.57. The maximum Gasteiger partial charge on any atom is 0.253 e. The van der Waals surface area contributed by atoms with E-state index in [4.69, 9.17) is 0 Å². The van der Waals surface area contributed by atoms with E-state index in [1.165, 1.54) is 0 Å². The summed E-state index contributed by atoms with van der Waals surface area (Å²) in [5, 5.41) is 2.90. The topological polar surface area (TPSA) is 49.4 Å². The maximum atomic E-state index is 13.0. The van der Waals surface area contributed by atoms with Crippen LogP contribution in [0, 0.1) is 13.8 Å². The fourth-order valence-electron chi connectivity index (χ4n) is 2.81. The van der Waals surface area contributed by atoms with Crippen LogP contribution in [0.5, 0.6) is 0 Å². The van der Waals surface area contributed by atoms with Crippen molar-refractivity contribution < 1.29 is 9.59 Å². The normalized spacial score (nSPS) is 26.0. The third-order valence-electron chi connectivity index (χ3n) is 4.63. The fraction of sp³-hybridized carbons (Fsp3) is 0.529. The van der Waals surface area contributed by atoms with Gasteiger partial charge in [-0.3, -0.25) is 14.5 Å². The van der Waals surface area contributed by atoms with Crippen LogP contribution < -0.4 is 10.2 Å². The number of hydrogen-bond donors (Lipinski definition) is 1. The number of amides is 2. The second-order valence-electron chi connectivity index (χ2n) is 5.99. The third-order valence-corrected chi connectivity index (χ3v) is 4.63. The lowest BCUT2D eigenvalue weighted by Gasteiger charge is -2.44. The molecular formula is C17H24N2O2. The number of benzene rings is 1. The van der Waals surface area contributed by atoms with Gasteiger partial charge in [-0.25, -0.2) is 0 Å². The van der Waals surface area contributed by atoms with Crippen LogP contribution in [0.25, 0.3) is 0 Å². The van der Waals surface area contributed by atoms with Crippen molar-refractivity contribution in [2.45, 2.75) is 59.0 Å². The Morgan fingerprint density at radius 2 is 1.90 bits per heavy atom. The second-order valence-corrected chi connectivity index (χ2v) is 5.99. The number of piperazine rings is 1. The molecule has 1 saturated heterocycles. The van der Waals surface area contributed by atoms with E-state index in [0.717, 1.165) is 16.8 Å². The van der Waals surface area contributed by atoms with Gasteiger partial charge in [0.2, 0.25) is 5.91 Å². The number of carbonyl (C=O) groups is 2. The van der Waals surface area contributed by atoms with Gasteiger partial charge < -0.3 is 5.32 Å². The summed E-state index contributed by atoms with van der Waals surface area (Å²) < 4.78 is 0. The first-order valence-corrected chi connectivity index (χ1v) is 7.57. The van der Waals surface area contributed by atoms with E-state index in [1.54, 1.807) is 11.8 Å². The standard InChI is InChI=1S/C17H24N2O2/c1-6-13-15(20)18-17(5,7-2)16(21)19(13)14-10-8-9-11(3)12(14)4/h8-10,13H,6-7H2,1-5H3,(H,18,20). The summed E-state index contributed by atoms with van der Waals surface area (Å²) in [6.45, 7) is 9.68. The number of hydrogen-bond acceptors (Lipinski definition) is 2. The Labute approximate surface area is 126 Å². The van der Waals surface area contributed by atoms with Crippen molar-refractivity contribution in [1.82, 2.24) is 5.32 Å². The Bertz CT molecular complexity index is 582. The highest BCUT2D eigenvalue weighted by Gasteiger charge is 2.47. The van der Waals surface area contributed by atoms with E-state index in [0.29, 0.717) is 12.8 Å². The number of anilines is 1. The Balaban J connectivity index is 2.58. The largest absolute Gasteiger partial charge is 0.340 e. The molecule has 0 spiro atoms. The Morgan fingerprint density at radius 1 is 1.24 bits per heavy atom. The van der Waals surface area contributed by atoms with Crippen molar-refractivity contribution in [1.29, 1.82) is 0 Å². The van der Waals surface area contributed by atoms with Crippen LogP contribution >= 0.6 is 0 Å². The molecule has 2 rings (SSSR count). The van der Waals surface area contributed by atoms with Gasteiger partial charge >= 0.3 is 0 Å². The number of nitrogens with zero attached hydrogens (tertiary/aromatic N) is 1. The molecule has 0 saturated carbocycles. The van der Waals surface area contributed by atoms with Crippen molar-refractivity contribution in [2.75, 3.05) is 4.90 Å². The average molecular weight is 288 g/mol. The van der Waals surface area contributed by atoms with Crippen LogP contribution in [-0.2, 0) is 9.59 Å². The van der Waals surface area contributed by atoms with E-state index in [2.05, 4.69) is 5.32 Å². The zero-order chi connectivity index (χ0) is 15.8. The lowest BCUT2D eigenvalue weighted by atomic mass is 9.90. The molecule has 2 amide bonds. The molecule has 1 fully saturated rings. The summed E-state index contributed by atoms with van der Waals surface area (Å²) in [5.41, 5.74) is 2.21. The molecule has 114 valence electrons. The second kappa shape index (κ2) is 5.51. The molecule has 1 aromatic rings. The molecule has 1 heterocycles. The van der Waals surface area contributed by atoms with Crippen LogP contribution in [0.2, 0.25) is 0 Å².